The van der Waals surface area contributed by atoms with Gasteiger partial charge in [-0.1, -0.05) is 97.1 Å². The van der Waals surface area contributed by atoms with E-state index in [0.29, 0.717) is 21.4 Å². The summed E-state index contributed by atoms with van der Waals surface area (Å²) in [5.74, 6) is -0.380. The van der Waals surface area contributed by atoms with Crippen LogP contribution in [0.25, 0.3) is 0 Å². The van der Waals surface area contributed by atoms with E-state index in [0.717, 1.165) is 42.0 Å². The maximum Gasteiger partial charge on any atom is 0.264 e. The molecule has 0 spiro atoms. The number of rotatable bonds is 14. The van der Waals surface area contributed by atoms with Gasteiger partial charge in [0.05, 0.1) is 24.8 Å². The van der Waals surface area contributed by atoms with Gasteiger partial charge in [-0.3, -0.25) is 13.9 Å². The van der Waals surface area contributed by atoms with Crippen molar-refractivity contribution in [1.82, 2.24) is 10.2 Å². The molecule has 12 heteroatoms. The Labute approximate surface area is 304 Å². The first-order valence-corrected chi connectivity index (χ1v) is 18.7. The Morgan fingerprint density at radius 3 is 2.06 bits per heavy atom. The maximum absolute atomic E-state index is 14.8. The molecule has 4 aromatic rings. The van der Waals surface area contributed by atoms with E-state index in [2.05, 4.69) is 5.32 Å². The summed E-state index contributed by atoms with van der Waals surface area (Å²) in [4.78, 5) is 30.4. The third-order valence-corrected chi connectivity index (χ3v) is 11.4. The fourth-order valence-electron chi connectivity index (χ4n) is 6.18. The lowest BCUT2D eigenvalue weighted by Gasteiger charge is -2.35. The zero-order valence-electron chi connectivity index (χ0n) is 28.1. The Balaban J connectivity index is 1.59. The van der Waals surface area contributed by atoms with Crippen molar-refractivity contribution in [3.8, 4) is 11.5 Å². The van der Waals surface area contributed by atoms with E-state index in [4.69, 9.17) is 32.7 Å². The van der Waals surface area contributed by atoms with E-state index < -0.39 is 28.5 Å². The smallest absolute Gasteiger partial charge is 0.264 e. The standard InChI is InChI=1S/C38H41Cl2N3O6S/c1-48-35-22-21-30(24-36(35)49-2)50(46,47)43(29-17-10-5-11-18-29)26-37(44)42(25-31-32(39)19-12-20-33(31)40)34(23-27-13-6-3-7-14-27)38(45)41-28-15-8-4-9-16-28/h3,5-7,10-14,17-22,24,28,34H,4,8-9,15-16,23,25-26H2,1-2H3,(H,41,45)/t34-/m0/s1. The minimum Gasteiger partial charge on any atom is -0.493 e. The van der Waals surface area contributed by atoms with E-state index in [1.54, 1.807) is 48.5 Å². The van der Waals surface area contributed by atoms with Crippen LogP contribution in [0.5, 0.6) is 11.5 Å². The van der Waals surface area contributed by atoms with E-state index in [9.17, 15) is 18.0 Å². The zero-order chi connectivity index (χ0) is 35.7. The molecule has 2 amide bonds. The number of methoxy groups -OCH3 is 2. The van der Waals surface area contributed by atoms with Crippen LogP contribution in [0.2, 0.25) is 10.0 Å². The van der Waals surface area contributed by atoms with E-state index in [-0.39, 0.29) is 41.2 Å². The number of anilines is 1. The van der Waals surface area contributed by atoms with Crippen LogP contribution in [0.1, 0.15) is 43.2 Å². The summed E-state index contributed by atoms with van der Waals surface area (Å²) < 4.78 is 40.6. The van der Waals surface area contributed by atoms with Crippen LogP contribution in [0, 0.1) is 0 Å². The fraction of sp³-hybridized carbons (Fsp3) is 0.316. The third kappa shape index (κ3) is 8.91. The quantitative estimate of drug-likeness (QED) is 0.146. The van der Waals surface area contributed by atoms with Crippen LogP contribution in [-0.4, -0.2) is 58.0 Å². The summed E-state index contributed by atoms with van der Waals surface area (Å²) in [5.41, 5.74) is 1.54. The molecule has 1 saturated carbocycles. The minimum absolute atomic E-state index is 0.0263. The van der Waals surface area contributed by atoms with Gasteiger partial charge in [0.15, 0.2) is 11.5 Å². The maximum atomic E-state index is 14.8. The van der Waals surface area contributed by atoms with Gasteiger partial charge in [0.1, 0.15) is 12.6 Å². The van der Waals surface area contributed by atoms with Crippen molar-refractivity contribution in [2.75, 3.05) is 25.1 Å². The summed E-state index contributed by atoms with van der Waals surface area (Å²) >= 11 is 13.3. The number of halogens is 2. The molecule has 0 aromatic heterocycles. The van der Waals surface area contributed by atoms with E-state index in [1.165, 1.54) is 37.3 Å². The number of nitrogens with one attached hydrogen (secondary N) is 1. The monoisotopic (exact) mass is 737 g/mol. The van der Waals surface area contributed by atoms with Crippen molar-refractivity contribution < 1.29 is 27.5 Å². The van der Waals surface area contributed by atoms with Crippen LogP contribution >= 0.6 is 23.2 Å². The van der Waals surface area contributed by atoms with Gasteiger partial charge in [-0.2, -0.15) is 0 Å². The SMILES string of the molecule is COc1ccc(S(=O)(=O)N(CC(=O)N(Cc2c(Cl)cccc2Cl)[C@@H](Cc2ccccc2)C(=O)NC2CCCCC2)c2ccccc2)cc1OC. The van der Waals surface area contributed by atoms with Crippen LogP contribution in [0.15, 0.2) is 102 Å². The number of carbonyl (C=O) groups is 2. The number of amides is 2. The van der Waals surface area contributed by atoms with E-state index in [1.807, 2.05) is 30.3 Å². The summed E-state index contributed by atoms with van der Waals surface area (Å²) in [5, 5.41) is 3.84. The molecule has 50 heavy (non-hydrogen) atoms. The topological polar surface area (TPSA) is 105 Å². The van der Waals surface area contributed by atoms with Gasteiger partial charge < -0.3 is 19.7 Å². The molecule has 0 saturated heterocycles. The molecule has 1 N–H and O–H groups in total. The highest BCUT2D eigenvalue weighted by Gasteiger charge is 2.36. The predicted molar refractivity (Wildman–Crippen MR) is 196 cm³/mol. The average molecular weight is 739 g/mol. The first kappa shape index (κ1) is 37.0. The minimum atomic E-state index is -4.36. The van der Waals surface area contributed by atoms with Gasteiger partial charge in [-0.25, -0.2) is 8.42 Å². The molecular formula is C38H41Cl2N3O6S. The number of hydrogen-bond donors (Lipinski definition) is 1. The predicted octanol–water partition coefficient (Wildman–Crippen LogP) is 7.29. The van der Waals surface area contributed by atoms with Gasteiger partial charge in [0, 0.05) is 40.7 Å². The van der Waals surface area contributed by atoms with Crippen molar-refractivity contribution in [3.05, 3.63) is 118 Å². The number of hydrogen-bond acceptors (Lipinski definition) is 6. The Morgan fingerprint density at radius 2 is 1.44 bits per heavy atom. The first-order valence-electron chi connectivity index (χ1n) is 16.5. The molecule has 4 aromatic carbocycles. The van der Waals surface area contributed by atoms with Gasteiger partial charge in [0.2, 0.25) is 11.8 Å². The second kappa shape index (κ2) is 17.1. The van der Waals surface area contributed by atoms with Crippen molar-refractivity contribution in [3.63, 3.8) is 0 Å². The average Bonchev–Trinajstić information content (AvgIpc) is 3.13. The molecule has 0 heterocycles. The summed E-state index contributed by atoms with van der Waals surface area (Å²) in [6, 6.07) is 26.0. The lowest BCUT2D eigenvalue weighted by Crippen LogP contribution is -2.55. The fourth-order valence-corrected chi connectivity index (χ4v) is 8.13. The van der Waals surface area contributed by atoms with Crippen LogP contribution in [0.4, 0.5) is 5.69 Å². The van der Waals surface area contributed by atoms with E-state index >= 15 is 0 Å². The second-order valence-electron chi connectivity index (χ2n) is 12.1. The number of ether oxygens (including phenoxy) is 2. The van der Waals surface area contributed by atoms with Gasteiger partial charge >= 0.3 is 0 Å². The Bertz CT molecular complexity index is 1850. The first-order chi connectivity index (χ1) is 24.1. The lowest BCUT2D eigenvalue weighted by atomic mass is 9.94. The van der Waals surface area contributed by atoms with Gasteiger partial charge in [0.25, 0.3) is 10.0 Å². The molecule has 1 aliphatic rings. The van der Waals surface area contributed by atoms with Crippen molar-refractivity contribution >= 4 is 50.7 Å². The molecule has 1 atom stereocenters. The highest BCUT2D eigenvalue weighted by atomic mass is 35.5. The highest BCUT2D eigenvalue weighted by Crippen LogP contribution is 2.33. The molecule has 1 fully saturated rings. The van der Waals surface area contributed by atoms with Crippen molar-refractivity contribution in [1.29, 1.82) is 0 Å². The number of benzene rings is 4. The number of sulfonamides is 1. The highest BCUT2D eigenvalue weighted by molar-refractivity contribution is 7.92. The Hall–Kier alpha value is -4.25. The molecule has 0 bridgehead atoms. The second-order valence-corrected chi connectivity index (χ2v) is 14.8. The number of nitrogens with zero attached hydrogens (tertiary/aromatic N) is 2. The summed E-state index contributed by atoms with van der Waals surface area (Å²) in [6.45, 7) is -0.753. The van der Waals surface area contributed by atoms with Crippen LogP contribution in [-0.2, 0) is 32.6 Å². The Kier molecular flexibility index (Phi) is 12.7. The van der Waals surface area contributed by atoms with Crippen LogP contribution in [0.3, 0.4) is 0 Å². The number of para-hydroxylation sites is 1. The largest absolute Gasteiger partial charge is 0.493 e. The van der Waals surface area contributed by atoms with Crippen molar-refractivity contribution in [2.24, 2.45) is 0 Å². The lowest BCUT2D eigenvalue weighted by molar-refractivity contribution is -0.140. The number of carbonyl (C=O) groups excluding carboxylic acids is 2. The summed E-state index contributed by atoms with van der Waals surface area (Å²) in [7, 11) is -1.49. The molecule has 0 unspecified atom stereocenters. The van der Waals surface area contributed by atoms with Crippen LogP contribution < -0.4 is 19.1 Å². The molecule has 5 rings (SSSR count). The van der Waals surface area contributed by atoms with Gasteiger partial charge in [-0.15, -0.1) is 0 Å². The molecule has 0 aliphatic heterocycles. The molecule has 1 aliphatic carbocycles. The summed E-state index contributed by atoms with van der Waals surface area (Å²) in [6.07, 6.45) is 5.00. The zero-order valence-corrected chi connectivity index (χ0v) is 30.4. The molecule has 0 radical (unpaired) electrons. The molecular weight excluding hydrogens is 697 g/mol. The normalized spacial score (nSPS) is 14.0. The van der Waals surface area contributed by atoms with Crippen molar-refractivity contribution in [2.45, 2.75) is 62.0 Å². The molecule has 9 nitrogen and oxygen atoms in total. The Morgan fingerprint density at radius 1 is 0.820 bits per heavy atom. The molecule has 264 valence electrons. The van der Waals surface area contributed by atoms with Gasteiger partial charge in [-0.05, 0) is 54.8 Å². The third-order valence-electron chi connectivity index (χ3n) is 8.88.